The zero-order valence-corrected chi connectivity index (χ0v) is 11.8. The third-order valence-electron chi connectivity index (χ3n) is 4.19. The first-order valence-corrected chi connectivity index (χ1v) is 6.89. The third kappa shape index (κ3) is 3.12. The van der Waals surface area contributed by atoms with Gasteiger partial charge in [0.15, 0.2) is 0 Å². The number of halogens is 2. The highest BCUT2D eigenvalue weighted by Crippen LogP contribution is 2.27. The van der Waals surface area contributed by atoms with Crippen LogP contribution in [0.2, 0.25) is 0 Å². The van der Waals surface area contributed by atoms with Crippen LogP contribution in [0.25, 0.3) is 0 Å². The smallest absolute Gasteiger partial charge is 0.128 e. The Morgan fingerprint density at radius 3 is 2.68 bits per heavy atom. The Bertz CT molecular complexity index is 442. The van der Waals surface area contributed by atoms with Crippen LogP contribution in [0.3, 0.4) is 0 Å². The molecule has 1 fully saturated rings. The number of piperidine rings is 1. The van der Waals surface area contributed by atoms with Crippen molar-refractivity contribution in [3.05, 3.63) is 34.9 Å². The average molecular weight is 268 g/mol. The lowest BCUT2D eigenvalue weighted by molar-refractivity contribution is 0.153. The molecule has 2 atom stereocenters. The first kappa shape index (κ1) is 14.4. The second kappa shape index (κ2) is 5.97. The van der Waals surface area contributed by atoms with E-state index in [1.807, 2.05) is 14.0 Å². The van der Waals surface area contributed by atoms with E-state index in [2.05, 4.69) is 10.2 Å². The molecule has 1 heterocycles. The van der Waals surface area contributed by atoms with Gasteiger partial charge in [0.25, 0.3) is 0 Å². The van der Waals surface area contributed by atoms with Crippen LogP contribution in [0.1, 0.15) is 36.9 Å². The summed E-state index contributed by atoms with van der Waals surface area (Å²) in [5.41, 5.74) is 0.798. The van der Waals surface area contributed by atoms with Gasteiger partial charge in [-0.05, 0) is 58.0 Å². The zero-order valence-electron chi connectivity index (χ0n) is 11.8. The fourth-order valence-electron chi connectivity index (χ4n) is 2.70. The summed E-state index contributed by atoms with van der Waals surface area (Å²) in [6.07, 6.45) is 2.23. The van der Waals surface area contributed by atoms with Crippen molar-refractivity contribution < 1.29 is 8.78 Å². The second-order valence-electron chi connectivity index (χ2n) is 5.46. The number of benzene rings is 1. The molecule has 0 aromatic heterocycles. The molecular formula is C15H22F2N2. The van der Waals surface area contributed by atoms with Gasteiger partial charge >= 0.3 is 0 Å². The van der Waals surface area contributed by atoms with Gasteiger partial charge < -0.3 is 5.32 Å². The molecule has 106 valence electrons. The molecule has 0 radical (unpaired) electrons. The van der Waals surface area contributed by atoms with E-state index in [-0.39, 0.29) is 17.7 Å². The van der Waals surface area contributed by atoms with Gasteiger partial charge in [0.1, 0.15) is 11.6 Å². The lowest BCUT2D eigenvalue weighted by Crippen LogP contribution is -2.45. The Balaban J connectivity index is 2.18. The minimum atomic E-state index is -0.335. The van der Waals surface area contributed by atoms with Gasteiger partial charge in [-0.15, -0.1) is 0 Å². The van der Waals surface area contributed by atoms with Crippen molar-refractivity contribution in [3.8, 4) is 0 Å². The second-order valence-corrected chi connectivity index (χ2v) is 5.46. The molecule has 1 N–H and O–H groups in total. The van der Waals surface area contributed by atoms with E-state index >= 15 is 0 Å². The number of nitrogens with one attached hydrogen (secondary N) is 1. The molecule has 1 aromatic rings. The Hall–Kier alpha value is -1.00. The van der Waals surface area contributed by atoms with Crippen molar-refractivity contribution in [2.75, 3.05) is 20.1 Å². The molecule has 2 rings (SSSR count). The van der Waals surface area contributed by atoms with Crippen LogP contribution in [0, 0.1) is 18.6 Å². The normalized spacial score (nSPS) is 21.7. The largest absolute Gasteiger partial charge is 0.315 e. The van der Waals surface area contributed by atoms with Gasteiger partial charge in [0.05, 0.1) is 0 Å². The first-order chi connectivity index (χ1) is 9.00. The Morgan fingerprint density at radius 1 is 1.32 bits per heavy atom. The van der Waals surface area contributed by atoms with E-state index in [1.54, 1.807) is 6.92 Å². The molecule has 2 unspecified atom stereocenters. The molecule has 1 aromatic carbocycles. The van der Waals surface area contributed by atoms with Crippen LogP contribution in [-0.2, 0) is 0 Å². The maximum atomic E-state index is 14.0. The molecule has 0 saturated carbocycles. The monoisotopic (exact) mass is 268 g/mol. The number of likely N-dealkylation sites (N-methyl/N-ethyl adjacent to an activating group) is 1. The van der Waals surface area contributed by atoms with Gasteiger partial charge in [-0.3, -0.25) is 4.90 Å². The predicted molar refractivity (Wildman–Crippen MR) is 73.2 cm³/mol. The van der Waals surface area contributed by atoms with E-state index < -0.39 is 0 Å². The van der Waals surface area contributed by atoms with E-state index in [1.165, 1.54) is 12.1 Å². The lowest BCUT2D eigenvalue weighted by atomic mass is 10.00. The SMILES string of the molecule is Cc1cc(F)c(C(C)N(C)C2CCCNC2)cc1F. The fourth-order valence-corrected chi connectivity index (χ4v) is 2.70. The molecule has 2 nitrogen and oxygen atoms in total. The van der Waals surface area contributed by atoms with Crippen molar-refractivity contribution >= 4 is 0 Å². The average Bonchev–Trinajstić information content (AvgIpc) is 2.42. The highest BCUT2D eigenvalue weighted by atomic mass is 19.1. The molecule has 1 saturated heterocycles. The molecule has 1 aliphatic heterocycles. The van der Waals surface area contributed by atoms with Crippen LogP contribution in [0.5, 0.6) is 0 Å². The molecule has 0 bridgehead atoms. The molecule has 0 spiro atoms. The molecule has 4 heteroatoms. The van der Waals surface area contributed by atoms with Gasteiger partial charge in [-0.25, -0.2) is 8.78 Å². The van der Waals surface area contributed by atoms with E-state index in [4.69, 9.17) is 0 Å². The van der Waals surface area contributed by atoms with Crippen molar-refractivity contribution in [3.63, 3.8) is 0 Å². The summed E-state index contributed by atoms with van der Waals surface area (Å²) in [5.74, 6) is -0.652. The van der Waals surface area contributed by atoms with Crippen LogP contribution in [-0.4, -0.2) is 31.1 Å². The van der Waals surface area contributed by atoms with Crippen molar-refractivity contribution in [1.29, 1.82) is 0 Å². The highest BCUT2D eigenvalue weighted by Gasteiger charge is 2.25. The Kier molecular flexibility index (Phi) is 4.53. The molecule has 0 aliphatic carbocycles. The molecular weight excluding hydrogens is 246 g/mol. The highest BCUT2D eigenvalue weighted by molar-refractivity contribution is 5.27. The third-order valence-corrected chi connectivity index (χ3v) is 4.19. The fraction of sp³-hybridized carbons (Fsp3) is 0.600. The standard InChI is InChI=1S/C15H22F2N2/c1-10-7-15(17)13(8-14(10)16)11(2)19(3)12-5-4-6-18-9-12/h7-8,11-12,18H,4-6,9H2,1-3H3. The summed E-state index contributed by atoms with van der Waals surface area (Å²) >= 11 is 0. The van der Waals surface area contributed by atoms with Gasteiger partial charge in [0, 0.05) is 24.2 Å². The summed E-state index contributed by atoms with van der Waals surface area (Å²) in [5, 5.41) is 3.35. The topological polar surface area (TPSA) is 15.3 Å². The van der Waals surface area contributed by atoms with Crippen molar-refractivity contribution in [2.45, 2.75) is 38.8 Å². The summed E-state index contributed by atoms with van der Waals surface area (Å²) in [6.45, 7) is 5.48. The first-order valence-electron chi connectivity index (χ1n) is 6.89. The molecule has 19 heavy (non-hydrogen) atoms. The zero-order chi connectivity index (χ0) is 14.0. The number of hydrogen-bond acceptors (Lipinski definition) is 2. The Morgan fingerprint density at radius 2 is 2.05 bits per heavy atom. The van der Waals surface area contributed by atoms with Gasteiger partial charge in [0.2, 0.25) is 0 Å². The maximum Gasteiger partial charge on any atom is 0.128 e. The van der Waals surface area contributed by atoms with E-state index in [0.29, 0.717) is 17.2 Å². The number of rotatable bonds is 3. The van der Waals surface area contributed by atoms with Gasteiger partial charge in [-0.1, -0.05) is 0 Å². The Labute approximate surface area is 113 Å². The number of aryl methyl sites for hydroxylation is 1. The minimum absolute atomic E-state index is 0.125. The summed E-state index contributed by atoms with van der Waals surface area (Å²) in [6, 6.07) is 2.88. The molecule has 1 aliphatic rings. The van der Waals surface area contributed by atoms with Crippen molar-refractivity contribution in [1.82, 2.24) is 10.2 Å². The maximum absolute atomic E-state index is 14.0. The minimum Gasteiger partial charge on any atom is -0.315 e. The molecule has 0 amide bonds. The quantitative estimate of drug-likeness (QED) is 0.906. The number of hydrogen-bond donors (Lipinski definition) is 1. The number of nitrogens with zero attached hydrogens (tertiary/aromatic N) is 1. The van der Waals surface area contributed by atoms with Crippen LogP contribution < -0.4 is 5.32 Å². The van der Waals surface area contributed by atoms with Crippen molar-refractivity contribution in [2.24, 2.45) is 0 Å². The van der Waals surface area contributed by atoms with Crippen LogP contribution in [0.15, 0.2) is 12.1 Å². The van der Waals surface area contributed by atoms with Gasteiger partial charge in [-0.2, -0.15) is 0 Å². The van der Waals surface area contributed by atoms with E-state index in [9.17, 15) is 8.78 Å². The van der Waals surface area contributed by atoms with Crippen LogP contribution >= 0.6 is 0 Å². The predicted octanol–water partition coefficient (Wildman–Crippen LogP) is 3.02. The van der Waals surface area contributed by atoms with Crippen LogP contribution in [0.4, 0.5) is 8.78 Å². The summed E-state index contributed by atoms with van der Waals surface area (Å²) < 4.78 is 27.6. The summed E-state index contributed by atoms with van der Waals surface area (Å²) in [7, 11) is 1.99. The van der Waals surface area contributed by atoms with E-state index in [0.717, 1.165) is 25.9 Å². The summed E-state index contributed by atoms with van der Waals surface area (Å²) in [4.78, 5) is 2.14. The lowest BCUT2D eigenvalue weighted by Gasteiger charge is -2.36.